The van der Waals surface area contributed by atoms with Gasteiger partial charge in [0.25, 0.3) is 0 Å². The molecule has 1 aliphatic rings. The van der Waals surface area contributed by atoms with Crippen LogP contribution in [-0.2, 0) is 14.3 Å². The largest absolute Gasteiger partial charge is 0.465 e. The average molecular weight is 292 g/mol. The Hall–Kier alpha value is -1.92. The number of ether oxygens (including phenoxy) is 2. The van der Waals surface area contributed by atoms with E-state index in [0.717, 1.165) is 5.56 Å². The summed E-state index contributed by atoms with van der Waals surface area (Å²) in [6.07, 6.45) is 0.996. The zero-order chi connectivity index (χ0) is 15.5. The molecule has 0 aromatic heterocycles. The summed E-state index contributed by atoms with van der Waals surface area (Å²) in [5.74, 6) is -0.629. The van der Waals surface area contributed by atoms with Gasteiger partial charge in [0.2, 0.25) is 5.91 Å². The molecule has 1 heterocycles. The fourth-order valence-corrected chi connectivity index (χ4v) is 2.26. The number of hydrogen-bond donors (Lipinski definition) is 2. The predicted molar refractivity (Wildman–Crippen MR) is 78.1 cm³/mol. The van der Waals surface area contributed by atoms with Gasteiger partial charge < -0.3 is 20.5 Å². The molecular weight excluding hydrogens is 272 g/mol. The molecule has 0 radical (unpaired) electrons. The van der Waals surface area contributed by atoms with Gasteiger partial charge in [-0.3, -0.25) is 4.79 Å². The lowest BCUT2D eigenvalue weighted by atomic mass is 9.90. The molecule has 1 aliphatic heterocycles. The molecule has 1 saturated heterocycles. The second kappa shape index (κ2) is 6.24. The third kappa shape index (κ3) is 3.40. The summed E-state index contributed by atoms with van der Waals surface area (Å²) in [7, 11) is 1.33. The molecule has 21 heavy (non-hydrogen) atoms. The summed E-state index contributed by atoms with van der Waals surface area (Å²) in [4.78, 5) is 23.8. The van der Waals surface area contributed by atoms with Crippen LogP contribution in [0.25, 0.3) is 0 Å². The van der Waals surface area contributed by atoms with Gasteiger partial charge in [-0.05, 0) is 43.5 Å². The first-order chi connectivity index (χ1) is 9.96. The second-order valence-corrected chi connectivity index (χ2v) is 5.24. The van der Waals surface area contributed by atoms with Crippen LogP contribution >= 0.6 is 0 Å². The van der Waals surface area contributed by atoms with E-state index in [1.165, 1.54) is 7.11 Å². The highest BCUT2D eigenvalue weighted by Crippen LogP contribution is 2.22. The summed E-state index contributed by atoms with van der Waals surface area (Å²) in [5.41, 5.74) is 7.10. The lowest BCUT2D eigenvalue weighted by molar-refractivity contribution is -0.124. The topological polar surface area (TPSA) is 90.7 Å². The van der Waals surface area contributed by atoms with Gasteiger partial charge >= 0.3 is 5.97 Å². The molecule has 0 saturated carbocycles. The number of methoxy groups -OCH3 is 1. The normalized spacial score (nSPS) is 17.1. The third-order valence-corrected chi connectivity index (χ3v) is 3.73. The fourth-order valence-electron chi connectivity index (χ4n) is 2.26. The molecule has 0 spiro atoms. The van der Waals surface area contributed by atoms with E-state index in [1.54, 1.807) is 18.2 Å². The van der Waals surface area contributed by atoms with E-state index in [2.05, 4.69) is 10.1 Å². The quantitative estimate of drug-likeness (QED) is 0.818. The number of nitrogens with one attached hydrogen (secondary N) is 1. The lowest BCUT2D eigenvalue weighted by Gasteiger charge is -2.32. The van der Waals surface area contributed by atoms with Crippen molar-refractivity contribution in [3.63, 3.8) is 0 Å². The molecule has 0 aliphatic carbocycles. The smallest absolute Gasteiger partial charge is 0.337 e. The molecule has 1 amide bonds. The van der Waals surface area contributed by atoms with Crippen LogP contribution in [-0.4, -0.2) is 37.7 Å². The first kappa shape index (κ1) is 15.5. The molecule has 1 aromatic rings. The average Bonchev–Trinajstić information content (AvgIpc) is 2.49. The molecule has 0 unspecified atom stereocenters. The van der Waals surface area contributed by atoms with Crippen molar-refractivity contribution >= 4 is 17.6 Å². The second-order valence-electron chi connectivity index (χ2n) is 5.24. The molecule has 1 fully saturated rings. The Bertz CT molecular complexity index is 551. The highest BCUT2D eigenvalue weighted by Gasteiger charge is 2.36. The summed E-state index contributed by atoms with van der Waals surface area (Å²) in [5, 5.41) is 2.83. The molecule has 3 N–H and O–H groups in total. The monoisotopic (exact) mass is 292 g/mol. The maximum Gasteiger partial charge on any atom is 0.337 e. The van der Waals surface area contributed by atoms with Gasteiger partial charge in [0.15, 0.2) is 0 Å². The molecular formula is C15H20N2O4. The Kier molecular flexibility index (Phi) is 4.59. The number of nitrogens with two attached hydrogens (primary N) is 1. The van der Waals surface area contributed by atoms with Crippen molar-refractivity contribution in [1.29, 1.82) is 0 Å². The van der Waals surface area contributed by atoms with Crippen LogP contribution in [0.15, 0.2) is 18.2 Å². The molecule has 6 heteroatoms. The van der Waals surface area contributed by atoms with E-state index in [1.807, 2.05) is 6.92 Å². The lowest BCUT2D eigenvalue weighted by Crippen LogP contribution is -2.54. The number of rotatable bonds is 3. The first-order valence-electron chi connectivity index (χ1n) is 6.83. The Balaban J connectivity index is 2.12. The summed E-state index contributed by atoms with van der Waals surface area (Å²) in [6.45, 7) is 2.80. The summed E-state index contributed by atoms with van der Waals surface area (Å²) >= 11 is 0. The van der Waals surface area contributed by atoms with E-state index in [4.69, 9.17) is 10.5 Å². The third-order valence-electron chi connectivity index (χ3n) is 3.73. The predicted octanol–water partition coefficient (Wildman–Crippen LogP) is 1.23. The van der Waals surface area contributed by atoms with Crippen molar-refractivity contribution < 1.29 is 19.1 Å². The van der Waals surface area contributed by atoms with Gasteiger partial charge in [0, 0.05) is 18.9 Å². The van der Waals surface area contributed by atoms with Crippen LogP contribution in [0, 0.1) is 6.92 Å². The van der Waals surface area contributed by atoms with Crippen LogP contribution in [0.3, 0.4) is 0 Å². The standard InChI is InChI=1S/C15H20N2O4/c1-10-9-11(13(18)20-2)3-4-12(10)17-14(19)15(16)5-7-21-8-6-15/h3-4,9H,5-8,16H2,1-2H3,(H,17,19). The van der Waals surface area contributed by atoms with Gasteiger partial charge in [-0.1, -0.05) is 0 Å². The fraction of sp³-hybridized carbons (Fsp3) is 0.467. The van der Waals surface area contributed by atoms with Gasteiger partial charge in [0.1, 0.15) is 5.54 Å². The number of hydrogen-bond acceptors (Lipinski definition) is 5. The summed E-state index contributed by atoms with van der Waals surface area (Å²) < 4.78 is 9.90. The van der Waals surface area contributed by atoms with Crippen molar-refractivity contribution in [3.8, 4) is 0 Å². The maximum atomic E-state index is 12.3. The Labute approximate surface area is 123 Å². The summed E-state index contributed by atoms with van der Waals surface area (Å²) in [6, 6.07) is 4.97. The van der Waals surface area contributed by atoms with Gasteiger partial charge in [0.05, 0.1) is 12.7 Å². The molecule has 2 rings (SSSR count). The highest BCUT2D eigenvalue weighted by atomic mass is 16.5. The molecule has 0 bridgehead atoms. The number of carbonyl (C=O) groups excluding carboxylic acids is 2. The minimum absolute atomic E-state index is 0.222. The van der Waals surface area contributed by atoms with E-state index in [9.17, 15) is 9.59 Å². The molecule has 114 valence electrons. The number of esters is 1. The number of amides is 1. The number of benzene rings is 1. The Morgan fingerprint density at radius 1 is 1.33 bits per heavy atom. The van der Waals surface area contributed by atoms with Crippen LogP contribution in [0.2, 0.25) is 0 Å². The van der Waals surface area contributed by atoms with Crippen molar-refractivity contribution in [1.82, 2.24) is 0 Å². The molecule has 1 aromatic carbocycles. The van der Waals surface area contributed by atoms with E-state index >= 15 is 0 Å². The maximum absolute atomic E-state index is 12.3. The van der Waals surface area contributed by atoms with Crippen molar-refractivity contribution in [3.05, 3.63) is 29.3 Å². The van der Waals surface area contributed by atoms with Crippen molar-refractivity contribution in [2.45, 2.75) is 25.3 Å². The van der Waals surface area contributed by atoms with Gasteiger partial charge in [-0.15, -0.1) is 0 Å². The molecule has 6 nitrogen and oxygen atoms in total. The Morgan fingerprint density at radius 2 is 2.00 bits per heavy atom. The van der Waals surface area contributed by atoms with Crippen LogP contribution in [0.4, 0.5) is 5.69 Å². The van der Waals surface area contributed by atoms with E-state index < -0.39 is 11.5 Å². The van der Waals surface area contributed by atoms with Gasteiger partial charge in [-0.25, -0.2) is 4.79 Å². The number of carbonyl (C=O) groups is 2. The van der Waals surface area contributed by atoms with Crippen LogP contribution in [0.5, 0.6) is 0 Å². The van der Waals surface area contributed by atoms with Crippen LogP contribution < -0.4 is 11.1 Å². The van der Waals surface area contributed by atoms with Crippen molar-refractivity contribution in [2.75, 3.05) is 25.6 Å². The molecule has 0 atom stereocenters. The zero-order valence-electron chi connectivity index (χ0n) is 12.3. The Morgan fingerprint density at radius 3 is 2.57 bits per heavy atom. The van der Waals surface area contributed by atoms with E-state index in [-0.39, 0.29) is 5.91 Å². The number of anilines is 1. The van der Waals surface area contributed by atoms with Crippen LogP contribution in [0.1, 0.15) is 28.8 Å². The highest BCUT2D eigenvalue weighted by molar-refractivity contribution is 5.99. The minimum atomic E-state index is -0.897. The van der Waals surface area contributed by atoms with Crippen molar-refractivity contribution in [2.24, 2.45) is 5.73 Å². The van der Waals surface area contributed by atoms with Gasteiger partial charge in [-0.2, -0.15) is 0 Å². The zero-order valence-corrected chi connectivity index (χ0v) is 12.3. The number of aryl methyl sites for hydroxylation is 1. The van der Waals surface area contributed by atoms with E-state index in [0.29, 0.717) is 37.3 Å². The SMILES string of the molecule is COC(=O)c1ccc(NC(=O)C2(N)CCOCC2)c(C)c1. The first-order valence-corrected chi connectivity index (χ1v) is 6.83. The minimum Gasteiger partial charge on any atom is -0.465 e.